The minimum Gasteiger partial charge on any atom is -0.326 e. The summed E-state index contributed by atoms with van der Waals surface area (Å²) in [5.41, 5.74) is 1.88. The number of hydrogen-bond acceptors (Lipinski definition) is 3. The molecule has 1 heterocycles. The molecule has 1 unspecified atom stereocenters. The topological polar surface area (TPSA) is 66.5 Å². The first-order valence-corrected chi connectivity index (χ1v) is 11.7. The molecule has 1 saturated heterocycles. The van der Waals surface area contributed by atoms with Gasteiger partial charge in [0.2, 0.25) is 15.9 Å². The van der Waals surface area contributed by atoms with E-state index >= 15 is 0 Å². The van der Waals surface area contributed by atoms with Crippen molar-refractivity contribution in [3.05, 3.63) is 58.6 Å². The molecule has 3 rings (SSSR count). The minimum absolute atomic E-state index is 0.121. The maximum absolute atomic E-state index is 12.9. The predicted octanol–water partition coefficient (Wildman–Crippen LogP) is 4.61. The van der Waals surface area contributed by atoms with Crippen LogP contribution in [0.25, 0.3) is 0 Å². The number of piperidine rings is 1. The van der Waals surface area contributed by atoms with E-state index in [1.54, 1.807) is 24.3 Å². The Labute approximate surface area is 175 Å². The van der Waals surface area contributed by atoms with Gasteiger partial charge in [0, 0.05) is 23.2 Å². The number of para-hydroxylation sites is 1. The SMILES string of the molecule is CC(C)c1ccccc1NC(=O)C1CCCN(S(=O)(=O)c2ccc(Br)cc2)C1. The van der Waals surface area contributed by atoms with Crippen molar-refractivity contribution >= 4 is 37.5 Å². The van der Waals surface area contributed by atoms with Gasteiger partial charge in [-0.1, -0.05) is 48.0 Å². The number of nitrogens with one attached hydrogen (secondary N) is 1. The Hall–Kier alpha value is -1.70. The molecule has 0 radical (unpaired) electrons. The summed E-state index contributed by atoms with van der Waals surface area (Å²) in [4.78, 5) is 13.1. The average Bonchev–Trinajstić information content (AvgIpc) is 2.68. The standard InChI is InChI=1S/C21H25BrN2O3S/c1-15(2)19-7-3-4-8-20(19)23-21(25)16-6-5-13-24(14-16)28(26,27)18-11-9-17(22)10-12-18/h3-4,7-12,15-16H,5-6,13-14H2,1-2H3,(H,23,25). The molecule has 2 aromatic rings. The van der Waals surface area contributed by atoms with E-state index in [1.165, 1.54) is 4.31 Å². The molecule has 0 aliphatic carbocycles. The Morgan fingerprint density at radius 1 is 1.14 bits per heavy atom. The fourth-order valence-electron chi connectivity index (χ4n) is 3.48. The first kappa shape index (κ1) is 21.0. The van der Waals surface area contributed by atoms with Crippen LogP contribution < -0.4 is 5.32 Å². The zero-order chi connectivity index (χ0) is 20.3. The largest absolute Gasteiger partial charge is 0.326 e. The number of carbonyl (C=O) groups is 1. The molecular formula is C21H25BrN2O3S. The van der Waals surface area contributed by atoms with E-state index in [4.69, 9.17) is 0 Å². The fraction of sp³-hybridized carbons (Fsp3) is 0.381. The Morgan fingerprint density at radius 3 is 2.50 bits per heavy atom. The molecule has 2 aromatic carbocycles. The molecule has 28 heavy (non-hydrogen) atoms. The number of halogens is 1. The highest BCUT2D eigenvalue weighted by Crippen LogP contribution is 2.28. The zero-order valence-electron chi connectivity index (χ0n) is 16.1. The quantitative estimate of drug-likeness (QED) is 0.701. The molecule has 1 fully saturated rings. The van der Waals surface area contributed by atoms with Gasteiger partial charge in [-0.05, 0) is 54.7 Å². The smallest absolute Gasteiger partial charge is 0.243 e. The molecule has 1 amide bonds. The fourth-order valence-corrected chi connectivity index (χ4v) is 5.27. The molecule has 0 bridgehead atoms. The lowest BCUT2D eigenvalue weighted by Crippen LogP contribution is -2.43. The van der Waals surface area contributed by atoms with Gasteiger partial charge in [-0.3, -0.25) is 4.79 Å². The van der Waals surface area contributed by atoms with Crippen LogP contribution in [0, 0.1) is 5.92 Å². The van der Waals surface area contributed by atoms with Gasteiger partial charge in [0.1, 0.15) is 0 Å². The molecule has 0 saturated carbocycles. The van der Waals surface area contributed by atoms with E-state index < -0.39 is 10.0 Å². The van der Waals surface area contributed by atoms with Crippen LogP contribution in [0.2, 0.25) is 0 Å². The lowest BCUT2D eigenvalue weighted by molar-refractivity contribution is -0.120. The third kappa shape index (κ3) is 4.64. The number of benzene rings is 2. The van der Waals surface area contributed by atoms with Gasteiger partial charge < -0.3 is 5.32 Å². The van der Waals surface area contributed by atoms with Crippen LogP contribution >= 0.6 is 15.9 Å². The second-order valence-electron chi connectivity index (χ2n) is 7.39. The van der Waals surface area contributed by atoms with Crippen molar-refractivity contribution < 1.29 is 13.2 Å². The number of hydrogen-bond donors (Lipinski definition) is 1. The number of amides is 1. The van der Waals surface area contributed by atoms with Gasteiger partial charge in [-0.2, -0.15) is 4.31 Å². The van der Waals surface area contributed by atoms with E-state index in [2.05, 4.69) is 35.1 Å². The van der Waals surface area contributed by atoms with E-state index in [9.17, 15) is 13.2 Å². The van der Waals surface area contributed by atoms with Crippen molar-refractivity contribution in [2.75, 3.05) is 18.4 Å². The van der Waals surface area contributed by atoms with Gasteiger partial charge in [0.15, 0.2) is 0 Å². The van der Waals surface area contributed by atoms with Gasteiger partial charge in [0.25, 0.3) is 0 Å². The Balaban J connectivity index is 1.74. The van der Waals surface area contributed by atoms with Crippen molar-refractivity contribution in [3.8, 4) is 0 Å². The van der Waals surface area contributed by atoms with Gasteiger partial charge in [0.05, 0.1) is 10.8 Å². The Bertz CT molecular complexity index is 942. The van der Waals surface area contributed by atoms with Crippen LogP contribution in [0.4, 0.5) is 5.69 Å². The lowest BCUT2D eigenvalue weighted by Gasteiger charge is -2.31. The monoisotopic (exact) mass is 464 g/mol. The van der Waals surface area contributed by atoms with Crippen molar-refractivity contribution in [2.45, 2.75) is 37.5 Å². The molecule has 5 nitrogen and oxygen atoms in total. The molecule has 0 spiro atoms. The van der Waals surface area contributed by atoms with Crippen LogP contribution in [0.15, 0.2) is 57.9 Å². The third-order valence-corrected chi connectivity index (χ3v) is 7.46. The lowest BCUT2D eigenvalue weighted by atomic mass is 9.97. The van der Waals surface area contributed by atoms with Crippen molar-refractivity contribution in [1.29, 1.82) is 0 Å². The molecule has 1 aliphatic rings. The average molecular weight is 465 g/mol. The molecule has 0 aromatic heterocycles. The second-order valence-corrected chi connectivity index (χ2v) is 10.2. The molecule has 150 valence electrons. The van der Waals surface area contributed by atoms with Crippen molar-refractivity contribution in [3.63, 3.8) is 0 Å². The maximum Gasteiger partial charge on any atom is 0.243 e. The highest BCUT2D eigenvalue weighted by Gasteiger charge is 2.33. The third-order valence-electron chi connectivity index (χ3n) is 5.05. The number of carbonyl (C=O) groups excluding carboxylic acids is 1. The Morgan fingerprint density at radius 2 is 1.82 bits per heavy atom. The summed E-state index contributed by atoms with van der Waals surface area (Å²) in [5, 5.41) is 3.01. The van der Waals surface area contributed by atoms with Crippen LogP contribution in [0.1, 0.15) is 38.2 Å². The first-order valence-electron chi connectivity index (χ1n) is 9.44. The maximum atomic E-state index is 12.9. The van der Waals surface area contributed by atoms with Gasteiger partial charge >= 0.3 is 0 Å². The molecular weight excluding hydrogens is 440 g/mol. The van der Waals surface area contributed by atoms with Crippen LogP contribution in [-0.4, -0.2) is 31.7 Å². The summed E-state index contributed by atoms with van der Waals surface area (Å²) in [7, 11) is -3.61. The highest BCUT2D eigenvalue weighted by molar-refractivity contribution is 9.10. The van der Waals surface area contributed by atoms with Crippen LogP contribution in [0.3, 0.4) is 0 Å². The van der Waals surface area contributed by atoms with E-state index in [-0.39, 0.29) is 29.2 Å². The van der Waals surface area contributed by atoms with E-state index in [1.807, 2.05) is 24.3 Å². The zero-order valence-corrected chi connectivity index (χ0v) is 18.5. The van der Waals surface area contributed by atoms with E-state index in [0.717, 1.165) is 15.7 Å². The molecule has 1 atom stereocenters. The summed E-state index contributed by atoms with van der Waals surface area (Å²) >= 11 is 3.32. The first-order chi connectivity index (χ1) is 13.3. The van der Waals surface area contributed by atoms with Gasteiger partial charge in [-0.15, -0.1) is 0 Å². The predicted molar refractivity (Wildman–Crippen MR) is 115 cm³/mol. The van der Waals surface area contributed by atoms with E-state index in [0.29, 0.717) is 19.4 Å². The number of sulfonamides is 1. The normalized spacial score (nSPS) is 18.2. The van der Waals surface area contributed by atoms with Crippen LogP contribution in [-0.2, 0) is 14.8 Å². The summed E-state index contributed by atoms with van der Waals surface area (Å²) in [6.45, 7) is 4.80. The van der Waals surface area contributed by atoms with Crippen LogP contribution in [0.5, 0.6) is 0 Å². The summed E-state index contributed by atoms with van der Waals surface area (Å²) in [5.74, 6) is -0.194. The molecule has 7 heteroatoms. The number of rotatable bonds is 5. The summed E-state index contributed by atoms with van der Waals surface area (Å²) < 4.78 is 28.1. The number of nitrogens with zero attached hydrogens (tertiary/aromatic N) is 1. The molecule has 1 N–H and O–H groups in total. The summed E-state index contributed by atoms with van der Waals surface area (Å²) in [6, 6.07) is 14.3. The molecule has 1 aliphatic heterocycles. The van der Waals surface area contributed by atoms with Gasteiger partial charge in [-0.25, -0.2) is 8.42 Å². The number of anilines is 1. The Kier molecular flexibility index (Phi) is 6.58. The minimum atomic E-state index is -3.61. The highest BCUT2D eigenvalue weighted by atomic mass is 79.9. The summed E-state index contributed by atoms with van der Waals surface area (Å²) in [6.07, 6.45) is 1.35. The van der Waals surface area contributed by atoms with Crippen molar-refractivity contribution in [2.24, 2.45) is 5.92 Å². The van der Waals surface area contributed by atoms with Crippen molar-refractivity contribution in [1.82, 2.24) is 4.31 Å². The second kappa shape index (κ2) is 8.76.